The zero-order valence-corrected chi connectivity index (χ0v) is 23.1. The molecule has 8 atom stereocenters. The van der Waals surface area contributed by atoms with Crippen LogP contribution in [0.2, 0.25) is 0 Å². The second kappa shape index (κ2) is 10.6. The van der Waals surface area contributed by atoms with Crippen molar-refractivity contribution < 1.29 is 14.6 Å². The summed E-state index contributed by atoms with van der Waals surface area (Å²) >= 11 is 0. The predicted molar refractivity (Wildman–Crippen MR) is 142 cm³/mol. The second-order valence-electron chi connectivity index (χ2n) is 13.1. The van der Waals surface area contributed by atoms with E-state index in [4.69, 9.17) is 9.84 Å². The average molecular weight is 487 g/mol. The number of fused-ring (bicyclic) bond motifs is 5. The number of nitrogens with one attached hydrogen (secondary N) is 1. The van der Waals surface area contributed by atoms with E-state index in [0.717, 1.165) is 42.7 Å². The fraction of sp³-hybridized carbons (Fsp3) is 0.867. The Hall–Kier alpha value is -1.36. The van der Waals surface area contributed by atoms with E-state index in [1.165, 1.54) is 50.5 Å². The second-order valence-corrected chi connectivity index (χ2v) is 13.1. The number of hydrogen-bond acceptors (Lipinski definition) is 4. The summed E-state index contributed by atoms with van der Waals surface area (Å²) in [6.45, 7) is 14.3. The van der Waals surface area contributed by atoms with Gasteiger partial charge in [-0.25, -0.2) is 10.2 Å². The highest BCUT2D eigenvalue weighted by molar-refractivity contribution is 5.99. The van der Waals surface area contributed by atoms with Crippen molar-refractivity contribution in [1.29, 1.82) is 0 Å². The highest BCUT2D eigenvalue weighted by atomic mass is 16.5. The minimum atomic E-state index is -0.478. The number of aliphatic hydroxyl groups excluding tert-OH is 1. The predicted octanol–water partition coefficient (Wildman–Crippen LogP) is 7.10. The Balaban J connectivity index is 1.63. The van der Waals surface area contributed by atoms with Crippen LogP contribution >= 0.6 is 0 Å². The van der Waals surface area contributed by atoms with Crippen LogP contribution in [0, 0.1) is 46.3 Å². The molecule has 5 nitrogen and oxygen atoms in total. The molecule has 0 bridgehead atoms. The molecule has 3 saturated carbocycles. The molecule has 0 aromatic carbocycles. The van der Waals surface area contributed by atoms with E-state index in [1.807, 2.05) is 6.92 Å². The van der Waals surface area contributed by atoms with E-state index in [1.54, 1.807) is 0 Å². The third-order valence-corrected chi connectivity index (χ3v) is 10.7. The molecule has 0 aliphatic heterocycles. The van der Waals surface area contributed by atoms with Crippen LogP contribution in [0.1, 0.15) is 106 Å². The first-order chi connectivity index (χ1) is 16.6. The number of allylic oxidation sites excluding steroid dienone is 1. The van der Waals surface area contributed by atoms with Gasteiger partial charge in [0.25, 0.3) is 0 Å². The fourth-order valence-electron chi connectivity index (χ4n) is 8.81. The minimum Gasteiger partial charge on any atom is -0.449 e. The largest absolute Gasteiger partial charge is 0.449 e. The summed E-state index contributed by atoms with van der Waals surface area (Å²) in [5.41, 5.74) is 5.51. The zero-order chi connectivity index (χ0) is 25.4. The van der Waals surface area contributed by atoms with E-state index in [-0.39, 0.29) is 11.5 Å². The van der Waals surface area contributed by atoms with Crippen molar-refractivity contribution in [2.24, 2.45) is 51.4 Å². The van der Waals surface area contributed by atoms with Gasteiger partial charge in [0.15, 0.2) is 0 Å². The first-order valence-electron chi connectivity index (χ1n) is 14.5. The molecule has 0 heterocycles. The SMILES string of the molecule is CCOC(=O)N/N=C1\C=C2C[C@@H](O)CC[C@]2(C)[C@H]2CC[C@]3(C)[C@@H]([C@H](C)CCCC(C)C)CC[C@H]3[C@H]12. The van der Waals surface area contributed by atoms with Gasteiger partial charge in [-0.15, -0.1) is 0 Å². The molecule has 0 aromatic heterocycles. The summed E-state index contributed by atoms with van der Waals surface area (Å²) in [5.74, 6) is 3.81. The molecule has 198 valence electrons. The number of hydrazone groups is 1. The van der Waals surface area contributed by atoms with Gasteiger partial charge in [-0.2, -0.15) is 5.10 Å². The van der Waals surface area contributed by atoms with Gasteiger partial charge < -0.3 is 9.84 Å². The van der Waals surface area contributed by atoms with Crippen molar-refractivity contribution >= 4 is 11.8 Å². The maximum absolute atomic E-state index is 12.1. The summed E-state index contributed by atoms with van der Waals surface area (Å²) in [7, 11) is 0. The third-order valence-electron chi connectivity index (χ3n) is 10.7. The van der Waals surface area contributed by atoms with Crippen molar-refractivity contribution in [2.45, 2.75) is 112 Å². The van der Waals surface area contributed by atoms with E-state index in [2.05, 4.69) is 46.1 Å². The number of nitrogens with zero attached hydrogens (tertiary/aromatic N) is 1. The Morgan fingerprint density at radius 1 is 1.14 bits per heavy atom. The molecule has 0 spiro atoms. The summed E-state index contributed by atoms with van der Waals surface area (Å²) in [5, 5.41) is 15.2. The number of carbonyl (C=O) groups excluding carboxylic acids is 1. The van der Waals surface area contributed by atoms with Gasteiger partial charge in [0, 0.05) is 5.92 Å². The molecule has 1 amide bonds. The van der Waals surface area contributed by atoms with Crippen LogP contribution in [0.3, 0.4) is 0 Å². The number of rotatable bonds is 7. The standard InChI is InChI=1S/C30H50N2O3/c1-7-35-28(34)32-31-26-18-21-17-22(33)13-15-29(21,5)25-14-16-30(6)23(11-12-24(30)27(25)26)20(4)10-8-9-19(2)3/h18-20,22-25,27,33H,7-17H2,1-6H3,(H,32,34)/b31-26+/t20-,22+,23-,24+,25+,27+,29+,30-/m1/s1. The van der Waals surface area contributed by atoms with E-state index < -0.39 is 6.09 Å². The number of ether oxygens (including phenoxy) is 1. The maximum atomic E-state index is 12.1. The minimum absolute atomic E-state index is 0.134. The molecule has 5 heteroatoms. The lowest BCUT2D eigenvalue weighted by Crippen LogP contribution is -2.54. The normalized spacial score (nSPS) is 40.5. The summed E-state index contributed by atoms with van der Waals surface area (Å²) in [4.78, 5) is 12.1. The lowest BCUT2D eigenvalue weighted by Gasteiger charge is -2.58. The first kappa shape index (κ1) is 26.7. The topological polar surface area (TPSA) is 70.9 Å². The van der Waals surface area contributed by atoms with Gasteiger partial charge in [0.05, 0.1) is 18.4 Å². The van der Waals surface area contributed by atoms with E-state index >= 15 is 0 Å². The van der Waals surface area contributed by atoms with Crippen molar-refractivity contribution in [3.8, 4) is 0 Å². The molecule has 0 unspecified atom stereocenters. The Kier molecular flexibility index (Phi) is 8.05. The van der Waals surface area contributed by atoms with Crippen molar-refractivity contribution in [2.75, 3.05) is 6.61 Å². The molecule has 0 saturated heterocycles. The monoisotopic (exact) mass is 486 g/mol. The highest BCUT2D eigenvalue weighted by Gasteiger charge is 2.60. The van der Waals surface area contributed by atoms with Crippen LogP contribution in [0.4, 0.5) is 4.79 Å². The smallest absolute Gasteiger partial charge is 0.427 e. The molecule has 3 fully saturated rings. The molecular formula is C30H50N2O3. The number of amides is 1. The molecule has 0 aromatic rings. The van der Waals surface area contributed by atoms with Crippen molar-refractivity contribution in [3.63, 3.8) is 0 Å². The average Bonchev–Trinajstić information content (AvgIpc) is 3.15. The zero-order valence-electron chi connectivity index (χ0n) is 23.1. The Bertz CT molecular complexity index is 835. The molecule has 4 rings (SSSR count). The Labute approximate surface area is 213 Å². The Morgan fingerprint density at radius 3 is 2.63 bits per heavy atom. The molecule has 4 aliphatic carbocycles. The van der Waals surface area contributed by atoms with Gasteiger partial charge >= 0.3 is 6.09 Å². The quantitative estimate of drug-likeness (QED) is 0.377. The maximum Gasteiger partial charge on any atom is 0.427 e. The highest BCUT2D eigenvalue weighted by Crippen LogP contribution is 2.66. The van der Waals surface area contributed by atoms with Crippen LogP contribution in [-0.2, 0) is 4.74 Å². The first-order valence-corrected chi connectivity index (χ1v) is 14.5. The van der Waals surface area contributed by atoms with Gasteiger partial charge in [-0.3, -0.25) is 0 Å². The van der Waals surface area contributed by atoms with Crippen LogP contribution < -0.4 is 5.43 Å². The van der Waals surface area contributed by atoms with Crippen molar-refractivity contribution in [1.82, 2.24) is 5.43 Å². The third kappa shape index (κ3) is 5.08. The molecule has 0 radical (unpaired) electrons. The van der Waals surface area contributed by atoms with Crippen LogP contribution in [0.25, 0.3) is 0 Å². The lowest BCUT2D eigenvalue weighted by atomic mass is 9.46. The van der Waals surface area contributed by atoms with Crippen molar-refractivity contribution in [3.05, 3.63) is 11.6 Å². The molecule has 2 N–H and O–H groups in total. The van der Waals surface area contributed by atoms with Gasteiger partial charge in [0.1, 0.15) is 0 Å². The van der Waals surface area contributed by atoms with E-state index in [0.29, 0.717) is 29.8 Å². The van der Waals surface area contributed by atoms with Gasteiger partial charge in [-0.05, 0) is 98.4 Å². The number of carbonyl (C=O) groups is 1. The molecule has 4 aliphatic rings. The van der Waals surface area contributed by atoms with Gasteiger partial charge in [0.2, 0.25) is 0 Å². The fourth-order valence-corrected chi connectivity index (χ4v) is 8.81. The number of hydrogen-bond donors (Lipinski definition) is 2. The summed E-state index contributed by atoms with van der Waals surface area (Å²) in [6, 6.07) is 0. The lowest BCUT2D eigenvalue weighted by molar-refractivity contribution is -0.0302. The van der Waals surface area contributed by atoms with Crippen LogP contribution in [0.15, 0.2) is 16.8 Å². The summed E-state index contributed by atoms with van der Waals surface area (Å²) in [6.07, 6.45) is 13.3. The summed E-state index contributed by atoms with van der Waals surface area (Å²) < 4.78 is 5.10. The van der Waals surface area contributed by atoms with E-state index in [9.17, 15) is 9.90 Å². The van der Waals surface area contributed by atoms with Crippen LogP contribution in [0.5, 0.6) is 0 Å². The van der Waals surface area contributed by atoms with Crippen LogP contribution in [-0.4, -0.2) is 29.6 Å². The number of aliphatic hydroxyl groups is 1. The molecular weight excluding hydrogens is 436 g/mol. The Morgan fingerprint density at radius 2 is 1.91 bits per heavy atom. The molecule has 35 heavy (non-hydrogen) atoms. The van der Waals surface area contributed by atoms with Gasteiger partial charge in [-0.1, -0.05) is 59.5 Å².